The smallest absolute Gasteiger partial charge is 0.213 e. The fourth-order valence-corrected chi connectivity index (χ4v) is 6.80. The highest BCUT2D eigenvalue weighted by molar-refractivity contribution is 7.91. The molecule has 1 atom stereocenters. The van der Waals surface area contributed by atoms with E-state index >= 15 is 0 Å². The maximum absolute atomic E-state index is 13.2. The minimum atomic E-state index is -3.60. The van der Waals surface area contributed by atoms with Crippen LogP contribution in [0, 0.1) is 0 Å². The number of sulfone groups is 1. The van der Waals surface area contributed by atoms with Gasteiger partial charge in [0.2, 0.25) is 15.7 Å². The van der Waals surface area contributed by atoms with E-state index < -0.39 is 9.84 Å². The summed E-state index contributed by atoms with van der Waals surface area (Å²) in [5.74, 6) is 0.327. The Kier molecular flexibility index (Phi) is 3.76. The summed E-state index contributed by atoms with van der Waals surface area (Å²) < 4.78 is 32.3. The van der Waals surface area contributed by atoms with Gasteiger partial charge in [0, 0.05) is 34.7 Å². The highest BCUT2D eigenvalue weighted by Gasteiger charge is 2.43. The molecule has 0 saturated heterocycles. The van der Waals surface area contributed by atoms with Gasteiger partial charge in [0.05, 0.1) is 33.5 Å². The van der Waals surface area contributed by atoms with Gasteiger partial charge in [-0.25, -0.2) is 13.4 Å². The molecule has 0 spiro atoms. The van der Waals surface area contributed by atoms with Crippen molar-refractivity contribution in [2.24, 2.45) is 0 Å². The zero-order chi connectivity index (χ0) is 18.8. The summed E-state index contributed by atoms with van der Waals surface area (Å²) in [6.07, 6.45) is 0. The maximum Gasteiger partial charge on any atom is 0.213 e. The molecule has 3 aromatic rings. The van der Waals surface area contributed by atoms with Crippen LogP contribution in [0.3, 0.4) is 0 Å². The van der Waals surface area contributed by atoms with Crippen molar-refractivity contribution in [3.63, 3.8) is 0 Å². The number of aromatic nitrogens is 1. The Morgan fingerprint density at radius 2 is 2.07 bits per heavy atom. The zero-order valence-electron chi connectivity index (χ0n) is 14.3. The molecule has 8 heteroatoms. The van der Waals surface area contributed by atoms with Gasteiger partial charge < -0.3 is 9.64 Å². The summed E-state index contributed by atoms with van der Waals surface area (Å²) in [6.45, 7) is 1.36. The van der Waals surface area contributed by atoms with Crippen LogP contribution < -0.4 is 9.64 Å². The summed E-state index contributed by atoms with van der Waals surface area (Å²) in [4.78, 5) is 8.52. The largest absolute Gasteiger partial charge is 0.481 e. The fraction of sp³-hybridized carbons (Fsp3) is 0.211. The predicted octanol–water partition coefficient (Wildman–Crippen LogP) is 4.10. The van der Waals surface area contributed by atoms with E-state index in [9.17, 15) is 8.42 Å². The topological polar surface area (TPSA) is 59.5 Å². The molecule has 0 amide bonds. The third-order valence-electron chi connectivity index (χ3n) is 5.09. The van der Waals surface area contributed by atoms with Crippen LogP contribution in [0.5, 0.6) is 5.88 Å². The lowest BCUT2D eigenvalue weighted by Gasteiger charge is -2.23. The number of anilines is 1. The molecule has 2 aromatic heterocycles. The second-order valence-electron chi connectivity index (χ2n) is 6.57. The predicted molar refractivity (Wildman–Crippen MR) is 105 cm³/mol. The first-order chi connectivity index (χ1) is 13.0. The lowest BCUT2D eigenvalue weighted by Crippen LogP contribution is -2.23. The van der Waals surface area contributed by atoms with Crippen LogP contribution in [-0.4, -0.2) is 27.1 Å². The minimum Gasteiger partial charge on any atom is -0.481 e. The Bertz CT molecular complexity index is 1170. The van der Waals surface area contributed by atoms with Crippen LogP contribution >= 0.6 is 22.9 Å². The van der Waals surface area contributed by atoms with Crippen LogP contribution in [0.15, 0.2) is 52.3 Å². The van der Waals surface area contributed by atoms with Gasteiger partial charge in [-0.05, 0) is 30.3 Å². The molecule has 1 unspecified atom stereocenters. The number of halogens is 1. The second-order valence-corrected chi connectivity index (χ2v) is 10.3. The monoisotopic (exact) mass is 418 g/mol. The average Bonchev–Trinajstić information content (AvgIpc) is 3.24. The molecule has 5 nitrogen and oxygen atoms in total. The molecule has 2 aliphatic heterocycles. The summed E-state index contributed by atoms with van der Waals surface area (Å²) in [5.41, 5.74) is 2.36. The number of fused-ring (bicyclic) bond motifs is 2. The van der Waals surface area contributed by atoms with Crippen LogP contribution in [0.25, 0.3) is 0 Å². The van der Waals surface area contributed by atoms with Crippen LogP contribution in [0.1, 0.15) is 22.1 Å². The molecule has 0 fully saturated rings. The summed E-state index contributed by atoms with van der Waals surface area (Å²) in [7, 11) is -2.06. The molecular formula is C19H15ClN2O3S2. The number of hydrogen-bond donors (Lipinski definition) is 0. The van der Waals surface area contributed by atoms with E-state index in [1.54, 1.807) is 18.2 Å². The summed E-state index contributed by atoms with van der Waals surface area (Å²) in [6, 6.07) is 12.6. The molecule has 0 N–H and O–H groups in total. The van der Waals surface area contributed by atoms with Crippen LogP contribution in [-0.2, 0) is 16.4 Å². The maximum atomic E-state index is 13.2. The van der Waals surface area contributed by atoms with E-state index in [1.807, 2.05) is 24.3 Å². The van der Waals surface area contributed by atoms with Crippen molar-refractivity contribution in [1.29, 1.82) is 0 Å². The second kappa shape index (κ2) is 5.95. The Morgan fingerprint density at radius 3 is 2.81 bits per heavy atom. The number of pyridine rings is 1. The van der Waals surface area contributed by atoms with Gasteiger partial charge in [0.15, 0.2) is 0 Å². The molecule has 5 rings (SSSR count). The Labute approximate surface area is 166 Å². The molecular weight excluding hydrogens is 404 g/mol. The van der Waals surface area contributed by atoms with E-state index in [0.29, 0.717) is 29.6 Å². The molecule has 0 aliphatic carbocycles. The van der Waals surface area contributed by atoms with Crippen molar-refractivity contribution >= 4 is 38.5 Å². The molecule has 4 heterocycles. The molecule has 0 saturated carbocycles. The standard InChI is InChI=1S/C19H15ClN2O3S2/c1-25-17-8-6-15-19(21-17)12-10-22(9-11-5-7-16(20)26-11)13-3-2-4-14(18(12)13)27(15,23)24/h2-8,12H,9-10H2,1H3. The third-order valence-corrected chi connectivity index (χ3v) is 8.16. The van der Waals surface area contributed by atoms with Crippen molar-refractivity contribution in [2.45, 2.75) is 22.3 Å². The van der Waals surface area contributed by atoms with E-state index in [0.717, 1.165) is 20.5 Å². The Hall–Kier alpha value is -2.09. The Morgan fingerprint density at radius 1 is 1.22 bits per heavy atom. The molecule has 0 bridgehead atoms. The van der Waals surface area contributed by atoms with E-state index in [4.69, 9.17) is 16.3 Å². The number of rotatable bonds is 3. The lowest BCUT2D eigenvalue weighted by atomic mass is 9.96. The van der Waals surface area contributed by atoms with Crippen molar-refractivity contribution in [2.75, 3.05) is 18.6 Å². The van der Waals surface area contributed by atoms with Gasteiger partial charge in [-0.3, -0.25) is 0 Å². The molecule has 2 aliphatic rings. The summed E-state index contributed by atoms with van der Waals surface area (Å²) in [5, 5.41) is 0. The van der Waals surface area contributed by atoms with Crippen molar-refractivity contribution in [3.05, 3.63) is 62.9 Å². The Balaban J connectivity index is 1.68. The number of nitrogens with zero attached hydrogens (tertiary/aromatic N) is 2. The number of hydrogen-bond acceptors (Lipinski definition) is 6. The van der Waals surface area contributed by atoms with E-state index in [1.165, 1.54) is 18.4 Å². The van der Waals surface area contributed by atoms with Gasteiger partial charge in [-0.1, -0.05) is 17.7 Å². The van der Waals surface area contributed by atoms with E-state index in [2.05, 4.69) is 9.88 Å². The van der Waals surface area contributed by atoms with Crippen molar-refractivity contribution in [1.82, 2.24) is 4.98 Å². The molecule has 0 radical (unpaired) electrons. The molecule has 138 valence electrons. The number of ether oxygens (including phenoxy) is 1. The minimum absolute atomic E-state index is 0.0970. The first-order valence-electron chi connectivity index (χ1n) is 8.41. The van der Waals surface area contributed by atoms with Gasteiger partial charge >= 0.3 is 0 Å². The average molecular weight is 419 g/mol. The third kappa shape index (κ3) is 2.49. The normalized spacial score (nSPS) is 18.9. The SMILES string of the molecule is COc1ccc2c(n1)C1CN(Cc3ccc(Cl)s3)c3cccc(c31)S2(=O)=O. The van der Waals surface area contributed by atoms with Gasteiger partial charge in [-0.2, -0.15) is 0 Å². The van der Waals surface area contributed by atoms with Gasteiger partial charge in [0.25, 0.3) is 0 Å². The molecule has 1 aromatic carbocycles. The van der Waals surface area contributed by atoms with E-state index in [-0.39, 0.29) is 10.8 Å². The first kappa shape index (κ1) is 17.0. The quantitative estimate of drug-likeness (QED) is 0.640. The lowest BCUT2D eigenvalue weighted by molar-refractivity contribution is 0.394. The van der Waals surface area contributed by atoms with Crippen molar-refractivity contribution < 1.29 is 13.2 Å². The van der Waals surface area contributed by atoms with Gasteiger partial charge in [-0.15, -0.1) is 11.3 Å². The van der Waals surface area contributed by atoms with Gasteiger partial charge in [0.1, 0.15) is 0 Å². The highest BCUT2D eigenvalue weighted by atomic mass is 35.5. The first-order valence-corrected chi connectivity index (χ1v) is 11.1. The molecule has 27 heavy (non-hydrogen) atoms. The number of thiophene rings is 1. The highest BCUT2D eigenvalue weighted by Crippen LogP contribution is 2.50. The fourth-order valence-electron chi connectivity index (χ4n) is 3.95. The number of methoxy groups -OCH3 is 1. The van der Waals surface area contributed by atoms with Crippen LogP contribution in [0.2, 0.25) is 4.34 Å². The summed E-state index contributed by atoms with van der Waals surface area (Å²) >= 11 is 7.61. The number of benzene rings is 1. The van der Waals surface area contributed by atoms with Crippen molar-refractivity contribution in [3.8, 4) is 5.88 Å². The van der Waals surface area contributed by atoms with Crippen LogP contribution in [0.4, 0.5) is 5.69 Å². The zero-order valence-corrected chi connectivity index (χ0v) is 16.7.